The molecule has 1 aromatic heterocycles. The lowest BCUT2D eigenvalue weighted by Crippen LogP contribution is -2.41. The Morgan fingerprint density at radius 2 is 1.76 bits per heavy atom. The number of benzene rings is 1. The summed E-state index contributed by atoms with van der Waals surface area (Å²) in [6.07, 6.45) is 5.42. The molecule has 1 aromatic carbocycles. The monoisotopic (exact) mass is 396 g/mol. The molecule has 0 aliphatic carbocycles. The summed E-state index contributed by atoms with van der Waals surface area (Å²) < 4.78 is 0. The van der Waals surface area contributed by atoms with Crippen LogP contribution < -0.4 is 14.7 Å². The SMILES string of the molecule is CCCC=Nc1nc(N(CC)CC)ncc1N(CC)C(=O)N(C)c1ccccc1. The number of hydrogen-bond acceptors (Lipinski definition) is 5. The van der Waals surface area contributed by atoms with Crippen LogP contribution in [0.5, 0.6) is 0 Å². The number of aromatic nitrogens is 2. The highest BCUT2D eigenvalue weighted by Crippen LogP contribution is 2.29. The molecular formula is C22H32N6O. The Hall–Kier alpha value is -2.96. The molecule has 0 saturated heterocycles. The lowest BCUT2D eigenvalue weighted by atomic mass is 10.3. The van der Waals surface area contributed by atoms with E-state index in [2.05, 4.69) is 40.6 Å². The Morgan fingerprint density at radius 1 is 1.07 bits per heavy atom. The largest absolute Gasteiger partial charge is 0.341 e. The Bertz CT molecular complexity index is 804. The van der Waals surface area contributed by atoms with E-state index < -0.39 is 0 Å². The molecule has 1 heterocycles. The van der Waals surface area contributed by atoms with E-state index in [0.29, 0.717) is 24.0 Å². The first-order chi connectivity index (χ1) is 14.1. The van der Waals surface area contributed by atoms with Crippen molar-refractivity contribution >= 4 is 35.4 Å². The van der Waals surface area contributed by atoms with Gasteiger partial charge in [0.15, 0.2) is 5.82 Å². The van der Waals surface area contributed by atoms with Crippen LogP contribution in [0.15, 0.2) is 41.5 Å². The molecule has 0 unspecified atom stereocenters. The van der Waals surface area contributed by atoms with E-state index in [0.717, 1.165) is 31.6 Å². The molecular weight excluding hydrogens is 364 g/mol. The lowest BCUT2D eigenvalue weighted by Gasteiger charge is -2.28. The van der Waals surface area contributed by atoms with Gasteiger partial charge in [-0.05, 0) is 39.3 Å². The molecule has 0 saturated carbocycles. The van der Waals surface area contributed by atoms with Crippen LogP contribution in [0.3, 0.4) is 0 Å². The number of carbonyl (C=O) groups excluding carboxylic acids is 1. The van der Waals surface area contributed by atoms with Crippen LogP contribution in [-0.4, -0.2) is 48.9 Å². The minimum absolute atomic E-state index is 0.148. The third-order valence-electron chi connectivity index (χ3n) is 4.68. The smallest absolute Gasteiger partial charge is 0.328 e. The van der Waals surface area contributed by atoms with E-state index in [1.54, 1.807) is 23.0 Å². The summed E-state index contributed by atoms with van der Waals surface area (Å²) in [4.78, 5) is 32.4. The first-order valence-electron chi connectivity index (χ1n) is 10.3. The van der Waals surface area contributed by atoms with Gasteiger partial charge in [-0.1, -0.05) is 31.5 Å². The number of nitrogens with zero attached hydrogens (tertiary/aromatic N) is 6. The van der Waals surface area contributed by atoms with Crippen LogP contribution in [0, 0.1) is 0 Å². The number of anilines is 3. The van der Waals surface area contributed by atoms with Crippen molar-refractivity contribution in [3.05, 3.63) is 36.5 Å². The van der Waals surface area contributed by atoms with Crippen molar-refractivity contribution in [3.8, 4) is 0 Å². The van der Waals surface area contributed by atoms with Crippen molar-refractivity contribution in [2.75, 3.05) is 41.4 Å². The number of para-hydroxylation sites is 1. The van der Waals surface area contributed by atoms with Crippen molar-refractivity contribution < 1.29 is 4.79 Å². The Balaban J connectivity index is 2.43. The zero-order valence-electron chi connectivity index (χ0n) is 18.2. The minimum Gasteiger partial charge on any atom is -0.341 e. The number of amides is 2. The Kier molecular flexibility index (Phi) is 8.58. The van der Waals surface area contributed by atoms with Gasteiger partial charge in [0.1, 0.15) is 5.69 Å². The first-order valence-corrected chi connectivity index (χ1v) is 10.3. The summed E-state index contributed by atoms with van der Waals surface area (Å²) in [6.45, 7) is 10.3. The van der Waals surface area contributed by atoms with Crippen molar-refractivity contribution in [2.45, 2.75) is 40.5 Å². The van der Waals surface area contributed by atoms with Gasteiger partial charge in [-0.25, -0.2) is 14.8 Å². The predicted octanol–water partition coefficient (Wildman–Crippen LogP) is 4.91. The van der Waals surface area contributed by atoms with Crippen LogP contribution in [0.1, 0.15) is 40.5 Å². The van der Waals surface area contributed by atoms with Gasteiger partial charge in [0.25, 0.3) is 0 Å². The Morgan fingerprint density at radius 3 is 2.34 bits per heavy atom. The first kappa shape index (κ1) is 22.3. The average Bonchev–Trinajstić information content (AvgIpc) is 2.76. The van der Waals surface area contributed by atoms with E-state index in [-0.39, 0.29) is 6.03 Å². The van der Waals surface area contributed by atoms with Gasteiger partial charge in [0.2, 0.25) is 5.95 Å². The van der Waals surface area contributed by atoms with E-state index in [1.165, 1.54) is 0 Å². The lowest BCUT2D eigenvalue weighted by molar-refractivity contribution is 0.253. The molecule has 2 amide bonds. The molecule has 7 heteroatoms. The van der Waals surface area contributed by atoms with Gasteiger partial charge in [-0.15, -0.1) is 0 Å². The fourth-order valence-corrected chi connectivity index (χ4v) is 2.93. The highest BCUT2D eigenvalue weighted by Gasteiger charge is 2.23. The fraction of sp³-hybridized carbons (Fsp3) is 0.455. The quantitative estimate of drug-likeness (QED) is 0.565. The van der Waals surface area contributed by atoms with Gasteiger partial charge in [0, 0.05) is 38.6 Å². The van der Waals surface area contributed by atoms with Crippen LogP contribution in [0.25, 0.3) is 0 Å². The highest BCUT2D eigenvalue weighted by atomic mass is 16.2. The van der Waals surface area contributed by atoms with E-state index in [9.17, 15) is 4.79 Å². The van der Waals surface area contributed by atoms with Gasteiger partial charge in [0.05, 0.1) is 6.20 Å². The molecule has 2 rings (SSSR count). The third-order valence-corrected chi connectivity index (χ3v) is 4.68. The molecule has 2 aromatic rings. The standard InChI is InChI=1S/C22H32N6O/c1-6-10-16-23-20-19(17-24-21(25-20)27(7-2)8-3)28(9-4)22(29)26(5)18-14-12-11-13-15-18/h11-17H,6-10H2,1-5H3. The van der Waals surface area contributed by atoms with E-state index >= 15 is 0 Å². The molecule has 156 valence electrons. The number of urea groups is 1. The molecule has 0 bridgehead atoms. The molecule has 0 radical (unpaired) electrons. The zero-order chi connectivity index (χ0) is 21.2. The molecule has 7 nitrogen and oxygen atoms in total. The Labute approximate surface area is 174 Å². The van der Waals surface area contributed by atoms with Crippen molar-refractivity contribution in [2.24, 2.45) is 4.99 Å². The van der Waals surface area contributed by atoms with Crippen LogP contribution >= 0.6 is 0 Å². The molecule has 0 aliphatic heterocycles. The maximum Gasteiger partial charge on any atom is 0.328 e. The zero-order valence-corrected chi connectivity index (χ0v) is 18.2. The summed E-state index contributed by atoms with van der Waals surface area (Å²) in [5.41, 5.74) is 1.44. The predicted molar refractivity (Wildman–Crippen MR) is 122 cm³/mol. The molecule has 0 fully saturated rings. The number of unbranched alkanes of at least 4 members (excludes halogenated alkanes) is 1. The number of rotatable bonds is 9. The minimum atomic E-state index is -0.148. The summed E-state index contributed by atoms with van der Waals surface area (Å²) >= 11 is 0. The topological polar surface area (TPSA) is 64.9 Å². The van der Waals surface area contributed by atoms with Gasteiger partial charge >= 0.3 is 6.03 Å². The maximum atomic E-state index is 13.2. The molecule has 0 atom stereocenters. The number of carbonyl (C=O) groups is 1. The highest BCUT2D eigenvalue weighted by molar-refractivity contribution is 6.04. The van der Waals surface area contributed by atoms with Crippen LogP contribution in [0.4, 0.5) is 27.9 Å². The van der Waals surface area contributed by atoms with E-state index in [4.69, 9.17) is 0 Å². The molecule has 0 aliphatic rings. The summed E-state index contributed by atoms with van der Waals surface area (Å²) in [5.74, 6) is 1.15. The van der Waals surface area contributed by atoms with Crippen molar-refractivity contribution in [1.82, 2.24) is 9.97 Å². The van der Waals surface area contributed by atoms with E-state index in [1.807, 2.05) is 43.5 Å². The second kappa shape index (κ2) is 11.1. The average molecular weight is 397 g/mol. The molecule has 0 N–H and O–H groups in total. The summed E-state index contributed by atoms with van der Waals surface area (Å²) in [5, 5.41) is 0. The summed E-state index contributed by atoms with van der Waals surface area (Å²) in [6, 6.07) is 9.43. The second-order valence-corrected chi connectivity index (χ2v) is 6.57. The third kappa shape index (κ3) is 5.53. The van der Waals surface area contributed by atoms with Crippen LogP contribution in [0.2, 0.25) is 0 Å². The van der Waals surface area contributed by atoms with Gasteiger partial charge in [-0.3, -0.25) is 9.80 Å². The van der Waals surface area contributed by atoms with Crippen LogP contribution in [-0.2, 0) is 0 Å². The molecule has 29 heavy (non-hydrogen) atoms. The van der Waals surface area contributed by atoms with Gasteiger partial charge in [-0.2, -0.15) is 4.98 Å². The maximum absolute atomic E-state index is 13.2. The summed E-state index contributed by atoms with van der Waals surface area (Å²) in [7, 11) is 1.77. The van der Waals surface area contributed by atoms with Crippen molar-refractivity contribution in [1.29, 1.82) is 0 Å². The fourth-order valence-electron chi connectivity index (χ4n) is 2.93. The van der Waals surface area contributed by atoms with Gasteiger partial charge < -0.3 is 4.90 Å². The normalized spacial score (nSPS) is 10.9. The number of hydrogen-bond donors (Lipinski definition) is 0. The number of aliphatic imine (C=N–C) groups is 1. The van der Waals surface area contributed by atoms with Crippen molar-refractivity contribution in [3.63, 3.8) is 0 Å². The molecule has 0 spiro atoms. The second-order valence-electron chi connectivity index (χ2n) is 6.57.